The molecule has 0 fully saturated rings. The van der Waals surface area contributed by atoms with Crippen LogP contribution in [0.1, 0.15) is 0 Å². The van der Waals surface area contributed by atoms with Crippen molar-refractivity contribution in [1.82, 2.24) is 0 Å². The zero-order valence-corrected chi connectivity index (χ0v) is 4.57. The zero-order valence-electron chi connectivity index (χ0n) is 4.57. The lowest BCUT2D eigenvalue weighted by Crippen LogP contribution is -2.10. The van der Waals surface area contributed by atoms with Crippen molar-refractivity contribution in [3.05, 3.63) is 0 Å². The summed E-state index contributed by atoms with van der Waals surface area (Å²) in [6.45, 7) is -0.278. The fraction of sp³-hybridized carbons (Fsp3) is 0.333. The van der Waals surface area contributed by atoms with Crippen LogP contribution in [0.15, 0.2) is 0 Å². The number of primary amides is 1. The minimum absolute atomic E-state index is 0. The van der Waals surface area contributed by atoms with Crippen LogP contribution in [0.4, 0.5) is 4.79 Å². The second-order valence-corrected chi connectivity index (χ2v) is 0.936. The van der Waals surface area contributed by atoms with E-state index in [9.17, 15) is 4.79 Å². The molecule has 1 amide bonds. The maximum absolute atomic E-state index is 9.24. The van der Waals surface area contributed by atoms with E-state index in [1.165, 1.54) is 0 Å². The molecule has 0 bridgehead atoms. The average molecular weight is 162 g/mol. The Balaban J connectivity index is -0.0000000910. The van der Waals surface area contributed by atoms with Crippen LogP contribution in [0.3, 0.4) is 0 Å². The summed E-state index contributed by atoms with van der Waals surface area (Å²) >= 11 is 0. The van der Waals surface area contributed by atoms with Gasteiger partial charge in [0.25, 0.3) is 0 Å². The number of aliphatic carboxylic acids is 1. The van der Waals surface area contributed by atoms with E-state index < -0.39 is 12.1 Å². The van der Waals surface area contributed by atoms with Crippen LogP contribution in [-0.4, -0.2) is 51.9 Å². The van der Waals surface area contributed by atoms with E-state index in [2.05, 4.69) is 11.5 Å². The number of nitrogens with two attached hydrogens (primary N) is 2. The molecule has 10 heavy (non-hydrogen) atoms. The highest BCUT2D eigenvalue weighted by Gasteiger charge is 1.81. The van der Waals surface area contributed by atoms with Crippen molar-refractivity contribution in [3.8, 4) is 0 Å². The summed E-state index contributed by atoms with van der Waals surface area (Å²) in [4.78, 5) is 18.0. The Morgan fingerprint density at radius 2 is 1.40 bits per heavy atom. The Kier molecular flexibility index (Phi) is 18.3. The van der Waals surface area contributed by atoms with Gasteiger partial charge in [0.05, 0.1) is 6.54 Å². The summed E-state index contributed by atoms with van der Waals surface area (Å²) in [5.74, 6) is -0.968. The van der Waals surface area contributed by atoms with Crippen molar-refractivity contribution >= 4 is 35.1 Å². The molecule has 0 rings (SSSR count). The quantitative estimate of drug-likeness (QED) is 0.324. The van der Waals surface area contributed by atoms with Crippen LogP contribution in [0.25, 0.3) is 0 Å². The van der Waals surface area contributed by atoms with Crippen molar-refractivity contribution in [2.75, 3.05) is 6.54 Å². The maximum atomic E-state index is 9.24. The molecule has 6 nitrogen and oxygen atoms in total. The summed E-state index contributed by atoms with van der Waals surface area (Å²) in [6, 6.07) is 0. The van der Waals surface area contributed by atoms with Gasteiger partial charge in [-0.3, -0.25) is 4.79 Å². The van der Waals surface area contributed by atoms with Crippen LogP contribution in [-0.2, 0) is 4.79 Å². The van der Waals surface area contributed by atoms with Crippen LogP contribution < -0.4 is 11.5 Å². The fourth-order valence-electron chi connectivity index (χ4n) is 0. The molecule has 0 radical (unpaired) electrons. The summed E-state index contributed by atoms with van der Waals surface area (Å²) in [7, 11) is 0. The lowest BCUT2D eigenvalue weighted by molar-refractivity contribution is -0.135. The van der Waals surface area contributed by atoms with Gasteiger partial charge in [-0.05, 0) is 0 Å². The maximum Gasteiger partial charge on any atom is 0.402 e. The summed E-state index contributed by atoms with van der Waals surface area (Å²) < 4.78 is 0. The van der Waals surface area contributed by atoms with Crippen LogP contribution in [0.2, 0.25) is 0 Å². The molecule has 0 aliphatic rings. The van der Waals surface area contributed by atoms with Gasteiger partial charge in [-0.1, -0.05) is 0 Å². The van der Waals surface area contributed by atoms with Gasteiger partial charge in [-0.2, -0.15) is 0 Å². The van der Waals surface area contributed by atoms with Crippen molar-refractivity contribution in [2.24, 2.45) is 11.5 Å². The lowest BCUT2D eigenvalue weighted by Gasteiger charge is -1.73. The molecule has 6 N–H and O–H groups in total. The number of carbonyl (C=O) groups is 2. The van der Waals surface area contributed by atoms with Crippen molar-refractivity contribution in [3.63, 3.8) is 0 Å². The standard InChI is InChI=1S/C2H5NO2.CH3NO2.Mg.2H/c3-1-2(4)5;2-1(3)4;;;/h1,3H2,(H,4,5);2H2,(H,3,4);;;. The molecule has 58 valence electrons. The highest BCUT2D eigenvalue weighted by molar-refractivity contribution is 5.75. The van der Waals surface area contributed by atoms with Crippen molar-refractivity contribution < 1.29 is 19.8 Å². The van der Waals surface area contributed by atoms with E-state index >= 15 is 0 Å². The average Bonchev–Trinajstić information content (AvgIpc) is 1.65. The molecule has 0 aromatic rings. The van der Waals surface area contributed by atoms with Gasteiger partial charge >= 0.3 is 35.1 Å². The van der Waals surface area contributed by atoms with Crippen molar-refractivity contribution in [1.29, 1.82) is 0 Å². The van der Waals surface area contributed by atoms with Gasteiger partial charge in [-0.25, -0.2) is 4.79 Å². The van der Waals surface area contributed by atoms with Gasteiger partial charge < -0.3 is 21.7 Å². The zero-order chi connectivity index (χ0) is 7.86. The Bertz CT molecular complexity index is 103. The molecular formula is C3H10MgN2O4. The number of amides is 1. The molecule has 0 saturated carbocycles. The monoisotopic (exact) mass is 162 g/mol. The summed E-state index contributed by atoms with van der Waals surface area (Å²) in [5, 5.41) is 14.8. The van der Waals surface area contributed by atoms with E-state index in [-0.39, 0.29) is 29.6 Å². The third kappa shape index (κ3) is 145. The van der Waals surface area contributed by atoms with E-state index in [1.807, 2.05) is 0 Å². The van der Waals surface area contributed by atoms with Crippen LogP contribution in [0.5, 0.6) is 0 Å². The normalized spacial score (nSPS) is 6.10. The molecule has 0 heterocycles. The number of carboxylic acids is 1. The number of hydrogen-bond acceptors (Lipinski definition) is 3. The molecule has 0 spiro atoms. The Morgan fingerprint density at radius 1 is 1.30 bits per heavy atom. The van der Waals surface area contributed by atoms with Gasteiger partial charge in [-0.15, -0.1) is 0 Å². The second-order valence-electron chi connectivity index (χ2n) is 0.936. The van der Waals surface area contributed by atoms with E-state index in [0.29, 0.717) is 0 Å². The molecular weight excluding hydrogens is 152 g/mol. The predicted octanol–water partition coefficient (Wildman–Crippen LogP) is -2.26. The first-order valence-electron chi connectivity index (χ1n) is 1.91. The van der Waals surface area contributed by atoms with Gasteiger partial charge in [0.2, 0.25) is 0 Å². The highest BCUT2D eigenvalue weighted by Crippen LogP contribution is 1.43. The topological polar surface area (TPSA) is 127 Å². The summed E-state index contributed by atoms with van der Waals surface area (Å²) in [5.41, 5.74) is 8.60. The predicted molar refractivity (Wildman–Crippen MR) is 37.4 cm³/mol. The number of hydrogen-bond donors (Lipinski definition) is 4. The first kappa shape index (κ1) is 16.2. The van der Waals surface area contributed by atoms with E-state index in [1.54, 1.807) is 0 Å². The third-order valence-corrected chi connectivity index (χ3v) is 0.175. The Labute approximate surface area is 73.3 Å². The third-order valence-electron chi connectivity index (χ3n) is 0.175. The molecule has 0 saturated heterocycles. The van der Waals surface area contributed by atoms with E-state index in [0.717, 1.165) is 0 Å². The SMILES string of the molecule is NC(=O)O.NCC(=O)O.[MgH2]. The molecule has 0 unspecified atom stereocenters. The first-order valence-corrected chi connectivity index (χ1v) is 1.91. The lowest BCUT2D eigenvalue weighted by atomic mass is 10.7. The number of rotatable bonds is 1. The Hall–Kier alpha value is -0.534. The van der Waals surface area contributed by atoms with Crippen LogP contribution in [0, 0.1) is 0 Å². The molecule has 0 aromatic carbocycles. The smallest absolute Gasteiger partial charge is 0.402 e. The first-order chi connectivity index (χ1) is 4.00. The molecule has 7 heteroatoms. The minimum atomic E-state index is -1.33. The van der Waals surface area contributed by atoms with Crippen molar-refractivity contribution in [2.45, 2.75) is 0 Å². The van der Waals surface area contributed by atoms with Crippen LogP contribution >= 0.6 is 0 Å². The van der Waals surface area contributed by atoms with Gasteiger partial charge in [0.15, 0.2) is 0 Å². The minimum Gasteiger partial charge on any atom is -0.480 e. The van der Waals surface area contributed by atoms with E-state index in [4.69, 9.17) is 15.0 Å². The Morgan fingerprint density at radius 3 is 1.40 bits per heavy atom. The molecule has 0 aliphatic heterocycles. The van der Waals surface area contributed by atoms with Gasteiger partial charge in [0, 0.05) is 0 Å². The summed E-state index contributed by atoms with van der Waals surface area (Å²) in [6.07, 6.45) is -1.33. The van der Waals surface area contributed by atoms with Gasteiger partial charge in [0.1, 0.15) is 0 Å². The second kappa shape index (κ2) is 11.3. The molecule has 0 atom stereocenters. The fourth-order valence-corrected chi connectivity index (χ4v) is 0. The molecule has 0 aliphatic carbocycles. The largest absolute Gasteiger partial charge is 0.480 e. The number of carboxylic acid groups (broad SMARTS) is 2. The highest BCUT2D eigenvalue weighted by atomic mass is 24.3. The molecule has 0 aromatic heterocycles.